The van der Waals surface area contributed by atoms with Crippen molar-refractivity contribution in [2.45, 2.75) is 32.9 Å². The average Bonchev–Trinajstić information content (AvgIpc) is 3.01. The van der Waals surface area contributed by atoms with Gasteiger partial charge < -0.3 is 4.74 Å². The van der Waals surface area contributed by atoms with Crippen molar-refractivity contribution in [1.82, 2.24) is 9.78 Å². The van der Waals surface area contributed by atoms with Crippen LogP contribution in [-0.2, 0) is 11.3 Å². The summed E-state index contributed by atoms with van der Waals surface area (Å²) in [7, 11) is 0. The van der Waals surface area contributed by atoms with E-state index in [1.165, 1.54) is 5.57 Å². The van der Waals surface area contributed by atoms with E-state index in [1.807, 2.05) is 30.8 Å². The Morgan fingerprint density at radius 2 is 2.43 bits per heavy atom. The molecule has 1 heterocycles. The van der Waals surface area contributed by atoms with E-state index in [1.54, 1.807) is 0 Å². The molecule has 0 unspecified atom stereocenters. The summed E-state index contributed by atoms with van der Waals surface area (Å²) in [5.74, 6) is 0.921. The number of nitrogens with zero attached hydrogens (tertiary/aromatic N) is 5. The van der Waals surface area contributed by atoms with Crippen LogP contribution in [0, 0.1) is 0 Å². The molecule has 6 nitrogen and oxygen atoms in total. The van der Waals surface area contributed by atoms with Gasteiger partial charge in [-0.15, -0.1) is 0 Å². The summed E-state index contributed by atoms with van der Waals surface area (Å²) in [5.41, 5.74) is 10.9. The molecule has 2 aliphatic carbocycles. The van der Waals surface area contributed by atoms with Gasteiger partial charge >= 0.3 is 0 Å². The van der Waals surface area contributed by atoms with E-state index in [4.69, 9.17) is 10.3 Å². The van der Waals surface area contributed by atoms with Gasteiger partial charge in [0, 0.05) is 22.2 Å². The minimum absolute atomic E-state index is 0.126. The third kappa shape index (κ3) is 2.34. The molecule has 1 atom stereocenters. The Kier molecular flexibility index (Phi) is 3.54. The molecule has 21 heavy (non-hydrogen) atoms. The van der Waals surface area contributed by atoms with Gasteiger partial charge in [-0.05, 0) is 36.6 Å². The highest BCUT2D eigenvalue weighted by Crippen LogP contribution is 2.28. The van der Waals surface area contributed by atoms with Crippen molar-refractivity contribution in [2.24, 2.45) is 5.11 Å². The molecule has 0 spiro atoms. The Balaban J connectivity index is 2.05. The largest absolute Gasteiger partial charge is 0.493 e. The van der Waals surface area contributed by atoms with E-state index in [0.29, 0.717) is 13.2 Å². The fraction of sp³-hybridized carbons (Fsp3) is 0.400. The second-order valence-electron chi connectivity index (χ2n) is 5.12. The lowest BCUT2D eigenvalue weighted by Gasteiger charge is -2.14. The molecule has 1 aromatic rings. The fourth-order valence-corrected chi connectivity index (χ4v) is 2.76. The lowest BCUT2D eigenvalue weighted by atomic mass is 9.99. The van der Waals surface area contributed by atoms with Crippen LogP contribution in [0.3, 0.4) is 0 Å². The topological polar surface area (TPSA) is 75.8 Å². The zero-order chi connectivity index (χ0) is 14.8. The SMILES string of the molecule is CCOC1=C2C=c3c(cnn3C[C@@H](C)N=[N+]=[N-])=C2CC=C1. The standard InChI is InChI=1S/C15H17N5O/c1-3-21-15-6-4-5-11-12(15)7-14-13(11)8-17-20(14)9-10(2)18-19-16/h4,6-8,10H,3,5,9H2,1-2H3/t10-/m1/s1. The van der Waals surface area contributed by atoms with Crippen LogP contribution in [0.4, 0.5) is 0 Å². The molecule has 0 bridgehead atoms. The highest BCUT2D eigenvalue weighted by Gasteiger charge is 2.20. The first-order valence-corrected chi connectivity index (χ1v) is 7.09. The first kappa shape index (κ1) is 13.5. The van der Waals surface area contributed by atoms with E-state index in [9.17, 15) is 0 Å². The van der Waals surface area contributed by atoms with Crippen molar-refractivity contribution in [3.63, 3.8) is 0 Å². The Morgan fingerprint density at radius 1 is 1.57 bits per heavy atom. The summed E-state index contributed by atoms with van der Waals surface area (Å²) < 4.78 is 7.60. The van der Waals surface area contributed by atoms with E-state index >= 15 is 0 Å². The summed E-state index contributed by atoms with van der Waals surface area (Å²) in [6, 6.07) is -0.126. The second kappa shape index (κ2) is 5.50. The zero-order valence-corrected chi connectivity index (χ0v) is 12.2. The Hall–Kier alpha value is -2.46. The smallest absolute Gasteiger partial charge is 0.126 e. The summed E-state index contributed by atoms with van der Waals surface area (Å²) in [6.45, 7) is 5.10. The number of rotatable bonds is 5. The van der Waals surface area contributed by atoms with Crippen LogP contribution < -0.4 is 10.6 Å². The summed E-state index contributed by atoms with van der Waals surface area (Å²) in [4.78, 5) is 2.85. The van der Waals surface area contributed by atoms with Gasteiger partial charge in [-0.1, -0.05) is 18.1 Å². The van der Waals surface area contributed by atoms with Gasteiger partial charge in [0.1, 0.15) is 5.76 Å². The number of ether oxygens (including phenoxy) is 1. The zero-order valence-electron chi connectivity index (χ0n) is 12.2. The molecule has 0 saturated carbocycles. The van der Waals surface area contributed by atoms with Crippen LogP contribution in [0.25, 0.3) is 22.1 Å². The maximum atomic E-state index is 8.51. The van der Waals surface area contributed by atoms with Gasteiger partial charge in [-0.3, -0.25) is 4.68 Å². The summed E-state index contributed by atoms with van der Waals surface area (Å²) in [6.07, 6.45) is 9.06. The molecular formula is C15H17N5O. The third-order valence-electron chi connectivity index (χ3n) is 3.65. The first-order chi connectivity index (χ1) is 10.2. The van der Waals surface area contributed by atoms with Crippen molar-refractivity contribution in [3.8, 4) is 0 Å². The van der Waals surface area contributed by atoms with Gasteiger partial charge in [0.2, 0.25) is 0 Å². The maximum Gasteiger partial charge on any atom is 0.126 e. The summed E-state index contributed by atoms with van der Waals surface area (Å²) in [5, 5.41) is 10.3. The van der Waals surface area contributed by atoms with Gasteiger partial charge in [0.25, 0.3) is 0 Å². The average molecular weight is 283 g/mol. The molecule has 0 fully saturated rings. The molecule has 108 valence electrons. The predicted octanol–water partition coefficient (Wildman–Crippen LogP) is 1.78. The van der Waals surface area contributed by atoms with Crippen molar-refractivity contribution in [2.75, 3.05) is 6.61 Å². The van der Waals surface area contributed by atoms with Gasteiger partial charge in [0.05, 0.1) is 24.2 Å². The molecule has 0 radical (unpaired) electrons. The lowest BCUT2D eigenvalue weighted by molar-refractivity contribution is 0.241. The molecule has 0 N–H and O–H groups in total. The maximum absolute atomic E-state index is 8.51. The molecule has 3 rings (SSSR count). The number of hydrogen-bond acceptors (Lipinski definition) is 3. The number of aromatic nitrogens is 2. The number of allylic oxidation sites excluding steroid dienone is 3. The normalized spacial score (nSPS) is 17.0. The van der Waals surface area contributed by atoms with Gasteiger partial charge in [-0.25, -0.2) is 0 Å². The quantitative estimate of drug-likeness (QED) is 0.469. The fourth-order valence-electron chi connectivity index (χ4n) is 2.76. The van der Waals surface area contributed by atoms with Crippen LogP contribution in [0.15, 0.2) is 34.8 Å². The second-order valence-corrected chi connectivity index (χ2v) is 5.12. The van der Waals surface area contributed by atoms with Crippen molar-refractivity contribution < 1.29 is 4.74 Å². The van der Waals surface area contributed by atoms with E-state index < -0.39 is 0 Å². The lowest BCUT2D eigenvalue weighted by Crippen LogP contribution is -2.30. The number of azide groups is 1. The van der Waals surface area contributed by atoms with Crippen LogP contribution >= 0.6 is 0 Å². The molecule has 0 aliphatic heterocycles. The Morgan fingerprint density at radius 3 is 3.19 bits per heavy atom. The number of fused-ring (bicyclic) bond motifs is 2. The van der Waals surface area contributed by atoms with Crippen molar-refractivity contribution in [1.29, 1.82) is 0 Å². The van der Waals surface area contributed by atoms with Crippen LogP contribution in [0.1, 0.15) is 20.3 Å². The Bertz CT molecular complexity index is 793. The van der Waals surface area contributed by atoms with E-state index in [-0.39, 0.29) is 6.04 Å². The molecule has 0 aromatic carbocycles. The van der Waals surface area contributed by atoms with Crippen molar-refractivity contribution >= 4 is 11.6 Å². The minimum Gasteiger partial charge on any atom is -0.493 e. The molecular weight excluding hydrogens is 266 g/mol. The molecule has 0 saturated heterocycles. The van der Waals surface area contributed by atoms with E-state index in [2.05, 4.69) is 27.3 Å². The Labute approximate surface area is 122 Å². The minimum atomic E-state index is -0.126. The number of hydrogen-bond donors (Lipinski definition) is 0. The summed E-state index contributed by atoms with van der Waals surface area (Å²) >= 11 is 0. The molecule has 6 heteroatoms. The molecule has 1 aromatic heterocycles. The monoisotopic (exact) mass is 283 g/mol. The van der Waals surface area contributed by atoms with Crippen molar-refractivity contribution in [3.05, 3.63) is 50.7 Å². The van der Waals surface area contributed by atoms with Crippen LogP contribution in [-0.4, -0.2) is 22.4 Å². The first-order valence-electron chi connectivity index (χ1n) is 7.09. The van der Waals surface area contributed by atoms with Gasteiger partial charge in [-0.2, -0.15) is 5.10 Å². The molecule has 0 amide bonds. The van der Waals surface area contributed by atoms with Gasteiger partial charge in [0.15, 0.2) is 0 Å². The van der Waals surface area contributed by atoms with Crippen LogP contribution in [0.5, 0.6) is 0 Å². The van der Waals surface area contributed by atoms with Crippen LogP contribution in [0.2, 0.25) is 0 Å². The highest BCUT2D eigenvalue weighted by atomic mass is 16.5. The predicted molar refractivity (Wildman–Crippen MR) is 80.4 cm³/mol. The van der Waals surface area contributed by atoms with E-state index in [0.717, 1.165) is 28.3 Å². The highest BCUT2D eigenvalue weighted by molar-refractivity contribution is 5.84. The third-order valence-corrected chi connectivity index (χ3v) is 3.65. The molecule has 2 aliphatic rings.